The summed E-state index contributed by atoms with van der Waals surface area (Å²) in [6, 6.07) is 13.7. The van der Waals surface area contributed by atoms with Gasteiger partial charge in [-0.15, -0.1) is 0 Å². The molecule has 0 saturated carbocycles. The zero-order chi connectivity index (χ0) is 27.2. The van der Waals surface area contributed by atoms with Crippen LogP contribution in [-0.4, -0.2) is 52.7 Å². The third kappa shape index (κ3) is 4.22. The van der Waals surface area contributed by atoms with E-state index in [1.807, 2.05) is 48.5 Å². The van der Waals surface area contributed by atoms with E-state index in [2.05, 4.69) is 0 Å². The summed E-state index contributed by atoms with van der Waals surface area (Å²) in [5.41, 5.74) is 2.45. The molecule has 7 nitrogen and oxygen atoms in total. The number of aromatic nitrogens is 1. The molecule has 0 radical (unpaired) electrons. The van der Waals surface area contributed by atoms with Crippen molar-refractivity contribution in [3.05, 3.63) is 99.0 Å². The largest absolute Gasteiger partial charge is 0.502 e. The van der Waals surface area contributed by atoms with Crippen LogP contribution in [0.1, 0.15) is 52.1 Å². The molecule has 1 amide bonds. The van der Waals surface area contributed by atoms with E-state index in [0.717, 1.165) is 53.0 Å². The Morgan fingerprint density at radius 2 is 1.58 bits per heavy atom. The molecule has 38 heavy (non-hydrogen) atoms. The number of carbonyl (C=O) groups excluding carboxylic acids is 1. The van der Waals surface area contributed by atoms with Crippen molar-refractivity contribution < 1.29 is 27.8 Å². The fourth-order valence-corrected chi connectivity index (χ4v) is 5.60. The number of hydrogen-bond donors (Lipinski definition) is 1. The molecule has 1 N–H and O–H groups in total. The normalized spacial score (nSPS) is 18.4. The highest BCUT2D eigenvalue weighted by atomic mass is 19.4. The molecule has 1 aromatic heterocycles. The molecule has 0 spiro atoms. The van der Waals surface area contributed by atoms with Crippen LogP contribution < -0.4 is 10.4 Å². The molecule has 0 fully saturated rings. The number of halogens is 3. The van der Waals surface area contributed by atoms with Gasteiger partial charge in [0.05, 0.1) is 6.04 Å². The number of ether oxygens (including phenoxy) is 1. The van der Waals surface area contributed by atoms with Crippen molar-refractivity contribution in [2.45, 2.75) is 50.6 Å². The number of rotatable bonds is 5. The lowest BCUT2D eigenvalue weighted by Crippen LogP contribution is -2.66. The number of hydrogen-bond acceptors (Lipinski definition) is 5. The van der Waals surface area contributed by atoms with E-state index in [9.17, 15) is 27.9 Å². The third-order valence-electron chi connectivity index (χ3n) is 7.46. The van der Waals surface area contributed by atoms with Gasteiger partial charge in [-0.2, -0.15) is 13.2 Å². The fraction of sp³-hybridized carbons (Fsp3) is 0.357. The van der Waals surface area contributed by atoms with Gasteiger partial charge in [0.2, 0.25) is 5.43 Å². The summed E-state index contributed by atoms with van der Waals surface area (Å²) in [6.07, 6.45) is -3.01. The first kappa shape index (κ1) is 25.8. The third-order valence-corrected chi connectivity index (χ3v) is 7.46. The van der Waals surface area contributed by atoms with E-state index in [4.69, 9.17) is 4.74 Å². The number of amides is 1. The molecule has 2 atom stereocenters. The van der Waals surface area contributed by atoms with Crippen molar-refractivity contribution in [1.29, 1.82) is 0 Å². The summed E-state index contributed by atoms with van der Waals surface area (Å²) in [5, 5.41) is 12.4. The first-order valence-electron chi connectivity index (χ1n) is 12.4. The number of pyridine rings is 1. The lowest BCUT2D eigenvalue weighted by atomic mass is 9.92. The lowest BCUT2D eigenvalue weighted by Gasteiger charge is -2.52. The average Bonchev–Trinajstić information content (AvgIpc) is 3.05. The molecule has 1 aliphatic carbocycles. The molecule has 2 aliphatic rings. The van der Waals surface area contributed by atoms with Crippen LogP contribution in [-0.2, 0) is 17.6 Å². The molecule has 5 rings (SSSR count). The Morgan fingerprint density at radius 3 is 2.13 bits per heavy atom. The quantitative estimate of drug-likeness (QED) is 0.540. The molecule has 1 aliphatic heterocycles. The van der Waals surface area contributed by atoms with Crippen molar-refractivity contribution in [2.75, 3.05) is 18.7 Å². The number of fused-ring (bicyclic) bond motifs is 3. The summed E-state index contributed by atoms with van der Waals surface area (Å²) in [5.74, 6) is -1.96. The molecule has 10 heteroatoms. The number of aromatic hydroxyl groups is 1. The maximum Gasteiger partial charge on any atom is 0.408 e. The number of methoxy groups -OCH3 is 1. The summed E-state index contributed by atoms with van der Waals surface area (Å²) < 4.78 is 49.2. The SMILES string of the molecule is COCC[C@@H]1N([C@@H](C)C(F)(F)F)C(=O)c2c(O)c(=O)ccn2N1C1c2ccccc2CCc2ccccc21. The summed E-state index contributed by atoms with van der Waals surface area (Å²) in [6.45, 7) is 0.992. The number of nitrogens with zero attached hydrogens (tertiary/aromatic N) is 3. The van der Waals surface area contributed by atoms with E-state index in [1.165, 1.54) is 18.0 Å². The van der Waals surface area contributed by atoms with Crippen LogP contribution in [0.15, 0.2) is 65.6 Å². The van der Waals surface area contributed by atoms with Crippen molar-refractivity contribution >= 4 is 5.91 Å². The van der Waals surface area contributed by atoms with E-state index in [0.29, 0.717) is 0 Å². The van der Waals surface area contributed by atoms with Gasteiger partial charge in [-0.25, -0.2) is 0 Å². The Balaban J connectivity index is 1.84. The molecular weight excluding hydrogens is 499 g/mol. The first-order chi connectivity index (χ1) is 18.1. The zero-order valence-electron chi connectivity index (χ0n) is 21.0. The van der Waals surface area contributed by atoms with Gasteiger partial charge in [0.1, 0.15) is 12.2 Å². The van der Waals surface area contributed by atoms with Gasteiger partial charge in [-0.05, 0) is 42.0 Å². The zero-order valence-corrected chi connectivity index (χ0v) is 21.0. The van der Waals surface area contributed by atoms with Crippen molar-refractivity contribution in [3.63, 3.8) is 0 Å². The van der Waals surface area contributed by atoms with E-state index < -0.39 is 47.2 Å². The monoisotopic (exact) mass is 527 g/mol. The van der Waals surface area contributed by atoms with Gasteiger partial charge in [0.15, 0.2) is 11.4 Å². The smallest absolute Gasteiger partial charge is 0.408 e. The van der Waals surface area contributed by atoms with Crippen molar-refractivity contribution in [2.24, 2.45) is 0 Å². The van der Waals surface area contributed by atoms with Crippen LogP contribution in [0.2, 0.25) is 0 Å². The Bertz CT molecular complexity index is 1370. The Kier molecular flexibility index (Phi) is 6.68. The average molecular weight is 528 g/mol. The van der Waals surface area contributed by atoms with Crippen LogP contribution >= 0.6 is 0 Å². The molecule has 0 unspecified atom stereocenters. The molecule has 200 valence electrons. The molecule has 3 aromatic rings. The summed E-state index contributed by atoms with van der Waals surface area (Å²) >= 11 is 0. The van der Waals surface area contributed by atoms with Crippen LogP contribution in [0.25, 0.3) is 0 Å². The standard InChI is InChI=1S/C28H28F3N3O4/c1-17(28(29,30)31)33-23(14-16-38-2)34(32-15-13-22(35)26(36)25(32)27(33)37)24-20-9-5-3-7-18(20)11-12-19-8-4-6-10-21(19)24/h3-10,13,15,17,23-24,36H,11-12,14,16H2,1-2H3/t17-,23+/m0/s1. The highest BCUT2D eigenvalue weighted by Crippen LogP contribution is 2.42. The molecule has 0 bridgehead atoms. The first-order valence-corrected chi connectivity index (χ1v) is 12.4. The van der Waals surface area contributed by atoms with Crippen LogP contribution in [0.5, 0.6) is 5.75 Å². The predicted octanol–water partition coefficient (Wildman–Crippen LogP) is 4.15. The number of alkyl halides is 3. The summed E-state index contributed by atoms with van der Waals surface area (Å²) in [4.78, 5) is 26.8. The second-order valence-electron chi connectivity index (χ2n) is 9.59. The fourth-order valence-electron chi connectivity index (χ4n) is 5.60. The minimum absolute atomic E-state index is 0.0514. The van der Waals surface area contributed by atoms with Crippen molar-refractivity contribution in [1.82, 2.24) is 9.58 Å². The van der Waals surface area contributed by atoms with Gasteiger partial charge in [-0.1, -0.05) is 48.5 Å². The topological polar surface area (TPSA) is 75.0 Å². The molecule has 2 heterocycles. The van der Waals surface area contributed by atoms with E-state index in [-0.39, 0.29) is 13.0 Å². The second-order valence-corrected chi connectivity index (χ2v) is 9.59. The van der Waals surface area contributed by atoms with E-state index in [1.54, 1.807) is 5.01 Å². The highest BCUT2D eigenvalue weighted by molar-refractivity contribution is 5.96. The Morgan fingerprint density at radius 1 is 1.00 bits per heavy atom. The number of carbonyl (C=O) groups is 1. The van der Waals surface area contributed by atoms with Gasteiger partial charge in [0, 0.05) is 32.4 Å². The minimum Gasteiger partial charge on any atom is -0.502 e. The molecule has 2 aromatic carbocycles. The molecule has 0 saturated heterocycles. The Labute approximate surface area is 217 Å². The van der Waals surface area contributed by atoms with Crippen LogP contribution in [0.4, 0.5) is 13.2 Å². The van der Waals surface area contributed by atoms with Gasteiger partial charge in [-0.3, -0.25) is 19.3 Å². The van der Waals surface area contributed by atoms with E-state index >= 15 is 0 Å². The number of aryl methyl sites for hydroxylation is 2. The van der Waals surface area contributed by atoms with Crippen LogP contribution in [0.3, 0.4) is 0 Å². The maximum atomic E-state index is 14.2. The molecular formula is C28H28F3N3O4. The van der Waals surface area contributed by atoms with Gasteiger partial charge in [0.25, 0.3) is 5.91 Å². The Hall–Kier alpha value is -3.79. The summed E-state index contributed by atoms with van der Waals surface area (Å²) in [7, 11) is 1.44. The van der Waals surface area contributed by atoms with Gasteiger partial charge < -0.3 is 14.7 Å². The van der Waals surface area contributed by atoms with Gasteiger partial charge >= 0.3 is 6.18 Å². The lowest BCUT2D eigenvalue weighted by molar-refractivity contribution is -0.179. The second kappa shape index (κ2) is 9.83. The van der Waals surface area contributed by atoms with Crippen LogP contribution in [0, 0.1) is 0 Å². The maximum absolute atomic E-state index is 14.2. The highest BCUT2D eigenvalue weighted by Gasteiger charge is 2.51. The van der Waals surface area contributed by atoms with Crippen molar-refractivity contribution in [3.8, 4) is 5.75 Å². The number of benzene rings is 2. The predicted molar refractivity (Wildman–Crippen MR) is 135 cm³/mol. The minimum atomic E-state index is -4.75.